The Balaban J connectivity index is 2.17. The summed E-state index contributed by atoms with van der Waals surface area (Å²) < 4.78 is 9.88. The van der Waals surface area contributed by atoms with Crippen molar-refractivity contribution >= 4 is 5.95 Å². The average Bonchev–Trinajstić information content (AvgIpc) is 2.92. The standard InChI is InChI=1S/C8H12N8O2/c1-4(5-13-15-16-14-5)9-6-10-7(17-2)12-8(11-6)18-3/h4H,1-3H3,(H,9,10,11,12)(H,13,14,15,16). The Morgan fingerprint density at radius 2 is 1.78 bits per heavy atom. The molecule has 0 bridgehead atoms. The molecule has 0 saturated heterocycles. The third kappa shape index (κ3) is 2.59. The fraction of sp³-hybridized carbons (Fsp3) is 0.500. The molecule has 18 heavy (non-hydrogen) atoms. The van der Waals surface area contributed by atoms with Crippen LogP contribution in [-0.2, 0) is 0 Å². The van der Waals surface area contributed by atoms with E-state index in [0.29, 0.717) is 11.8 Å². The molecule has 96 valence electrons. The van der Waals surface area contributed by atoms with Gasteiger partial charge in [0.05, 0.1) is 20.3 Å². The van der Waals surface area contributed by atoms with Crippen LogP contribution in [0.1, 0.15) is 18.8 Å². The lowest BCUT2D eigenvalue weighted by Gasteiger charge is -2.10. The number of tetrazole rings is 1. The van der Waals surface area contributed by atoms with Crippen molar-refractivity contribution in [3.05, 3.63) is 5.82 Å². The van der Waals surface area contributed by atoms with Crippen molar-refractivity contribution in [2.75, 3.05) is 19.5 Å². The summed E-state index contributed by atoms with van der Waals surface area (Å²) in [6.07, 6.45) is 0. The highest BCUT2D eigenvalue weighted by atomic mass is 16.5. The maximum atomic E-state index is 4.94. The molecule has 0 aliphatic carbocycles. The van der Waals surface area contributed by atoms with Crippen LogP contribution in [-0.4, -0.2) is 49.8 Å². The molecule has 0 amide bonds. The van der Waals surface area contributed by atoms with E-state index in [4.69, 9.17) is 9.47 Å². The summed E-state index contributed by atoms with van der Waals surface area (Å²) in [4.78, 5) is 11.9. The molecule has 0 saturated carbocycles. The van der Waals surface area contributed by atoms with Crippen molar-refractivity contribution in [2.45, 2.75) is 13.0 Å². The molecule has 1 unspecified atom stereocenters. The average molecular weight is 252 g/mol. The van der Waals surface area contributed by atoms with Crippen molar-refractivity contribution in [3.8, 4) is 12.0 Å². The van der Waals surface area contributed by atoms with E-state index in [9.17, 15) is 0 Å². The van der Waals surface area contributed by atoms with Crippen LogP contribution in [0.5, 0.6) is 12.0 Å². The third-order valence-corrected chi connectivity index (χ3v) is 2.05. The predicted octanol–water partition coefficient (Wildman–Crippen LogP) is -0.425. The summed E-state index contributed by atoms with van der Waals surface area (Å²) in [7, 11) is 2.92. The highest BCUT2D eigenvalue weighted by molar-refractivity contribution is 5.29. The quantitative estimate of drug-likeness (QED) is 0.729. The Kier molecular flexibility index (Phi) is 3.46. The van der Waals surface area contributed by atoms with E-state index in [1.165, 1.54) is 14.2 Å². The van der Waals surface area contributed by atoms with Crippen LogP contribution in [0.4, 0.5) is 5.95 Å². The Hall–Kier alpha value is -2.52. The normalized spacial score (nSPS) is 11.9. The van der Waals surface area contributed by atoms with E-state index in [-0.39, 0.29) is 18.1 Å². The molecule has 10 heteroatoms. The van der Waals surface area contributed by atoms with E-state index < -0.39 is 0 Å². The van der Waals surface area contributed by atoms with Gasteiger partial charge in [-0.25, -0.2) is 0 Å². The second-order valence-electron chi connectivity index (χ2n) is 3.27. The number of hydrogen-bond donors (Lipinski definition) is 2. The topological polar surface area (TPSA) is 124 Å². The lowest BCUT2D eigenvalue weighted by molar-refractivity contribution is 0.341. The van der Waals surface area contributed by atoms with Crippen LogP contribution in [0.3, 0.4) is 0 Å². The number of methoxy groups -OCH3 is 2. The minimum atomic E-state index is -0.222. The van der Waals surface area contributed by atoms with Crippen LogP contribution < -0.4 is 14.8 Å². The van der Waals surface area contributed by atoms with Gasteiger partial charge in [0, 0.05) is 0 Å². The lowest BCUT2D eigenvalue weighted by Crippen LogP contribution is -2.12. The first-order valence-corrected chi connectivity index (χ1v) is 5.07. The van der Waals surface area contributed by atoms with E-state index in [2.05, 4.69) is 40.9 Å². The SMILES string of the molecule is COc1nc(NC(C)c2nn[nH]n2)nc(OC)n1. The molecule has 10 nitrogen and oxygen atoms in total. The molecular formula is C8H12N8O2. The summed E-state index contributed by atoms with van der Waals surface area (Å²) in [6, 6.07) is 0.0925. The zero-order valence-electron chi connectivity index (χ0n) is 10.1. The fourth-order valence-electron chi connectivity index (χ4n) is 1.20. The van der Waals surface area contributed by atoms with Crippen LogP contribution in [0.2, 0.25) is 0 Å². The van der Waals surface area contributed by atoms with Crippen molar-refractivity contribution in [3.63, 3.8) is 0 Å². The molecule has 1 atom stereocenters. The van der Waals surface area contributed by atoms with Crippen LogP contribution in [0, 0.1) is 0 Å². The summed E-state index contributed by atoms with van der Waals surface area (Å²) in [6.45, 7) is 1.84. The summed E-state index contributed by atoms with van der Waals surface area (Å²) in [5, 5.41) is 16.5. The first-order chi connectivity index (χ1) is 8.72. The summed E-state index contributed by atoms with van der Waals surface area (Å²) >= 11 is 0. The van der Waals surface area contributed by atoms with Crippen LogP contribution in [0.15, 0.2) is 0 Å². The molecule has 0 aliphatic rings. The zero-order valence-corrected chi connectivity index (χ0v) is 10.1. The molecular weight excluding hydrogens is 240 g/mol. The summed E-state index contributed by atoms with van der Waals surface area (Å²) in [5.74, 6) is 0.796. The van der Waals surface area contributed by atoms with E-state index >= 15 is 0 Å². The number of H-pyrrole nitrogens is 1. The number of hydrogen-bond acceptors (Lipinski definition) is 9. The van der Waals surface area contributed by atoms with E-state index in [0.717, 1.165) is 0 Å². The van der Waals surface area contributed by atoms with Crippen molar-refractivity contribution in [1.82, 2.24) is 35.6 Å². The molecule has 0 aliphatic heterocycles. The van der Waals surface area contributed by atoms with Gasteiger partial charge in [0.25, 0.3) is 0 Å². The molecule has 2 N–H and O–H groups in total. The molecule has 0 fully saturated rings. The highest BCUT2D eigenvalue weighted by Gasteiger charge is 2.13. The smallest absolute Gasteiger partial charge is 0.324 e. The van der Waals surface area contributed by atoms with Crippen LogP contribution >= 0.6 is 0 Å². The molecule has 2 aromatic rings. The van der Waals surface area contributed by atoms with Gasteiger partial charge in [-0.05, 0) is 6.92 Å². The first kappa shape index (κ1) is 12.0. The maximum absolute atomic E-state index is 4.94. The molecule has 0 spiro atoms. The monoisotopic (exact) mass is 252 g/mol. The van der Waals surface area contributed by atoms with Gasteiger partial charge in [0.1, 0.15) is 0 Å². The van der Waals surface area contributed by atoms with Gasteiger partial charge in [0.2, 0.25) is 5.95 Å². The number of ether oxygens (including phenoxy) is 2. The number of aromatic amines is 1. The minimum Gasteiger partial charge on any atom is -0.467 e. The zero-order chi connectivity index (χ0) is 13.0. The highest BCUT2D eigenvalue weighted by Crippen LogP contribution is 2.16. The lowest BCUT2D eigenvalue weighted by atomic mass is 10.3. The first-order valence-electron chi connectivity index (χ1n) is 5.07. The maximum Gasteiger partial charge on any atom is 0.324 e. The van der Waals surface area contributed by atoms with Gasteiger partial charge in [-0.3, -0.25) is 0 Å². The number of aromatic nitrogens is 7. The number of anilines is 1. The number of nitrogens with one attached hydrogen (secondary N) is 2. The van der Waals surface area contributed by atoms with Crippen molar-refractivity contribution < 1.29 is 9.47 Å². The second-order valence-corrected chi connectivity index (χ2v) is 3.27. The van der Waals surface area contributed by atoms with Gasteiger partial charge in [-0.15, -0.1) is 15.2 Å². The van der Waals surface area contributed by atoms with E-state index in [1.807, 2.05) is 6.92 Å². The minimum absolute atomic E-state index is 0.157. The second kappa shape index (κ2) is 5.21. The Morgan fingerprint density at radius 1 is 1.11 bits per heavy atom. The van der Waals surface area contributed by atoms with E-state index in [1.54, 1.807) is 0 Å². The Labute approximate surface area is 102 Å². The molecule has 2 heterocycles. The Bertz CT molecular complexity index is 480. The molecule has 2 aromatic heterocycles. The van der Waals surface area contributed by atoms with Gasteiger partial charge in [-0.2, -0.15) is 15.2 Å². The van der Waals surface area contributed by atoms with Crippen molar-refractivity contribution in [1.29, 1.82) is 0 Å². The third-order valence-electron chi connectivity index (χ3n) is 2.05. The van der Waals surface area contributed by atoms with Gasteiger partial charge < -0.3 is 14.8 Å². The fourth-order valence-corrected chi connectivity index (χ4v) is 1.20. The van der Waals surface area contributed by atoms with Crippen LogP contribution in [0.25, 0.3) is 0 Å². The molecule has 0 aromatic carbocycles. The van der Waals surface area contributed by atoms with Gasteiger partial charge in [-0.1, -0.05) is 5.21 Å². The molecule has 2 rings (SSSR count). The van der Waals surface area contributed by atoms with Gasteiger partial charge in [0.15, 0.2) is 5.82 Å². The Morgan fingerprint density at radius 3 is 2.28 bits per heavy atom. The van der Waals surface area contributed by atoms with Crippen molar-refractivity contribution in [2.24, 2.45) is 0 Å². The number of rotatable bonds is 5. The predicted molar refractivity (Wildman–Crippen MR) is 59.1 cm³/mol. The number of nitrogens with zero attached hydrogens (tertiary/aromatic N) is 6. The summed E-state index contributed by atoms with van der Waals surface area (Å²) in [5.41, 5.74) is 0. The van der Waals surface area contributed by atoms with Gasteiger partial charge >= 0.3 is 12.0 Å². The molecule has 0 radical (unpaired) electrons. The largest absolute Gasteiger partial charge is 0.467 e.